The summed E-state index contributed by atoms with van der Waals surface area (Å²) < 4.78 is 130. The van der Waals surface area contributed by atoms with Crippen molar-refractivity contribution in [3.8, 4) is 11.5 Å². The highest BCUT2D eigenvalue weighted by Gasteiger charge is 2.34. The van der Waals surface area contributed by atoms with Crippen LogP contribution < -0.4 is 19.9 Å². The number of hydrogen-bond donors (Lipinski definition) is 2. The van der Waals surface area contributed by atoms with Crippen LogP contribution in [-0.4, -0.2) is 39.8 Å². The molecule has 0 radical (unpaired) electrons. The predicted molar refractivity (Wildman–Crippen MR) is 273 cm³/mol. The Balaban J connectivity index is 0.000000217. The zero-order valence-corrected chi connectivity index (χ0v) is 41.6. The van der Waals surface area contributed by atoms with Gasteiger partial charge in [-0.15, -0.1) is 0 Å². The molecule has 0 aromatic heterocycles. The largest absolute Gasteiger partial charge is 0.488 e. The van der Waals surface area contributed by atoms with E-state index in [0.29, 0.717) is 88.3 Å². The summed E-state index contributed by atoms with van der Waals surface area (Å²) in [5, 5.41) is 0. The fraction of sp³-hybridized carbons (Fsp3) is 0.263. The number of alkyl halides is 6. The van der Waals surface area contributed by atoms with Gasteiger partial charge in [0.25, 0.3) is 0 Å². The number of rotatable bonds is 16. The molecule has 2 aliphatic carbocycles. The molecule has 0 saturated heterocycles. The van der Waals surface area contributed by atoms with Gasteiger partial charge in [-0.25, -0.2) is 18.0 Å². The lowest BCUT2D eigenvalue weighted by Gasteiger charge is -2.18. The van der Waals surface area contributed by atoms with Gasteiger partial charge < -0.3 is 24.7 Å². The highest BCUT2D eigenvalue weighted by Crippen LogP contribution is 2.47. The van der Waals surface area contributed by atoms with Gasteiger partial charge in [-0.05, 0) is 170 Å². The minimum Gasteiger partial charge on any atom is -0.488 e. The van der Waals surface area contributed by atoms with Crippen molar-refractivity contribution in [1.29, 1.82) is 0 Å². The van der Waals surface area contributed by atoms with Gasteiger partial charge in [0, 0.05) is 22.5 Å². The molecule has 6 aromatic carbocycles. The molecule has 0 spiro atoms. The number of carbonyl (C=O) groups excluding carboxylic acids is 2. The van der Waals surface area contributed by atoms with E-state index in [1.165, 1.54) is 24.3 Å². The van der Waals surface area contributed by atoms with E-state index in [-0.39, 0.29) is 37.7 Å². The second kappa shape index (κ2) is 23.6. The highest BCUT2D eigenvalue weighted by atomic mass is 32.2. The van der Waals surface area contributed by atoms with Crippen LogP contribution in [0.2, 0.25) is 0 Å². The SMILES string of the molecule is CCOC(=O)c1cc(N)cc(C2=C(c3cc(C(F)(F)F)ccc3OCc3ccccc3)CCC2)c1.CCOC(=O)c1cc(NS(C)(=O)=O)cc(C2=C(c3cc(C(F)(F)F)ccc3OCc3ccccc3)CCC2)c1. The predicted octanol–water partition coefficient (Wildman–Crippen LogP) is 14.1. The standard InChI is InChI=1S/C29H28F3NO5S.C28H26F3NO3/c1-3-37-28(34)21-14-20(15-23(16-21)33-39(2,35)36)24-10-7-11-25(24)26-17-22(29(30,31)32)12-13-27(26)38-18-19-8-5-4-6-9-19;1-2-34-27(33)20-13-19(14-22(32)15-20)23-9-6-10-24(23)25-16-21(28(29,30)31)11-12-26(25)35-17-18-7-4-3-5-8-18/h4-6,8-9,12-17,33H,3,7,10-11,18H2,1-2H3;3-5,7-8,11-16H,2,6,9-10,17,32H2,1H3. The van der Waals surface area contributed by atoms with E-state index >= 15 is 0 Å². The number of allylic oxidation sites excluding steroid dienone is 4. The Labute approximate surface area is 425 Å². The lowest BCUT2D eigenvalue weighted by atomic mass is 9.93. The van der Waals surface area contributed by atoms with Crippen molar-refractivity contribution < 1.29 is 63.3 Å². The van der Waals surface area contributed by atoms with Crippen molar-refractivity contribution in [1.82, 2.24) is 0 Å². The summed E-state index contributed by atoms with van der Waals surface area (Å²) in [5.74, 6) is -0.447. The Hall–Kier alpha value is -7.53. The molecule has 10 nitrogen and oxygen atoms in total. The first-order valence-electron chi connectivity index (χ1n) is 23.8. The zero-order valence-electron chi connectivity index (χ0n) is 40.8. The van der Waals surface area contributed by atoms with Crippen molar-refractivity contribution in [2.75, 3.05) is 29.9 Å². The number of halogens is 6. The van der Waals surface area contributed by atoms with Gasteiger partial charge in [0.05, 0.1) is 41.7 Å². The number of esters is 2. The molecule has 6 aromatic rings. The Kier molecular flexibility index (Phi) is 17.3. The third kappa shape index (κ3) is 14.2. The Morgan fingerprint density at radius 1 is 0.554 bits per heavy atom. The number of ether oxygens (including phenoxy) is 4. The second-order valence-electron chi connectivity index (χ2n) is 17.5. The Morgan fingerprint density at radius 2 is 0.973 bits per heavy atom. The number of hydrogen-bond acceptors (Lipinski definition) is 9. The van der Waals surface area contributed by atoms with Gasteiger partial charge in [-0.3, -0.25) is 4.72 Å². The first kappa shape index (κ1) is 54.2. The maximum Gasteiger partial charge on any atom is 0.416 e. The van der Waals surface area contributed by atoms with E-state index in [1.807, 2.05) is 60.7 Å². The van der Waals surface area contributed by atoms with Gasteiger partial charge in [-0.2, -0.15) is 26.3 Å². The maximum atomic E-state index is 13.7. The van der Waals surface area contributed by atoms with Crippen LogP contribution in [0, 0.1) is 0 Å². The molecule has 17 heteroatoms. The molecule has 0 fully saturated rings. The molecule has 0 unspecified atom stereocenters. The van der Waals surface area contributed by atoms with Gasteiger partial charge in [-0.1, -0.05) is 60.7 Å². The molecular weight excluding hydrogens is 987 g/mol. The van der Waals surface area contributed by atoms with E-state index < -0.39 is 45.4 Å². The highest BCUT2D eigenvalue weighted by molar-refractivity contribution is 7.92. The lowest BCUT2D eigenvalue weighted by molar-refractivity contribution is -0.138. The first-order valence-corrected chi connectivity index (χ1v) is 25.7. The van der Waals surface area contributed by atoms with Crippen LogP contribution in [0.25, 0.3) is 22.3 Å². The number of anilines is 2. The molecule has 0 atom stereocenters. The Morgan fingerprint density at radius 3 is 1.39 bits per heavy atom. The molecule has 0 aliphatic heterocycles. The quantitative estimate of drug-likeness (QED) is 0.0550. The topological polar surface area (TPSA) is 143 Å². The van der Waals surface area contributed by atoms with E-state index in [1.54, 1.807) is 38.1 Å². The molecule has 8 rings (SSSR count). The molecule has 0 saturated carbocycles. The molecule has 0 heterocycles. The minimum absolute atomic E-state index is 0.123. The number of nitrogens with one attached hydrogen (secondary N) is 1. The third-order valence-corrected chi connectivity index (χ3v) is 12.7. The van der Waals surface area contributed by atoms with Crippen LogP contribution in [0.3, 0.4) is 0 Å². The molecule has 0 amide bonds. The number of carbonyl (C=O) groups is 2. The molecule has 74 heavy (non-hydrogen) atoms. The smallest absolute Gasteiger partial charge is 0.416 e. The zero-order chi connectivity index (χ0) is 53.2. The van der Waals surface area contributed by atoms with Crippen LogP contribution in [-0.2, 0) is 45.1 Å². The summed E-state index contributed by atoms with van der Waals surface area (Å²) in [5.41, 5.74) is 12.2. The molecular formula is C57H54F6N2O8S. The van der Waals surface area contributed by atoms with E-state index in [9.17, 15) is 44.3 Å². The number of nitrogen functional groups attached to an aromatic ring is 1. The van der Waals surface area contributed by atoms with E-state index in [0.717, 1.165) is 59.2 Å². The van der Waals surface area contributed by atoms with Crippen LogP contribution in [0.1, 0.15) is 118 Å². The van der Waals surface area contributed by atoms with Gasteiger partial charge in [0.1, 0.15) is 24.7 Å². The fourth-order valence-electron chi connectivity index (χ4n) is 8.89. The Bertz CT molecular complexity index is 3170. The van der Waals surface area contributed by atoms with Gasteiger partial charge in [0.2, 0.25) is 10.0 Å². The maximum absolute atomic E-state index is 13.7. The summed E-state index contributed by atoms with van der Waals surface area (Å²) in [6, 6.07) is 35.2. The fourth-order valence-corrected chi connectivity index (χ4v) is 9.44. The van der Waals surface area contributed by atoms with Crippen molar-refractivity contribution >= 4 is 55.6 Å². The van der Waals surface area contributed by atoms with Crippen LogP contribution >= 0.6 is 0 Å². The minimum atomic E-state index is -4.55. The van der Waals surface area contributed by atoms with Crippen LogP contribution in [0.4, 0.5) is 37.7 Å². The van der Waals surface area contributed by atoms with Crippen molar-refractivity contribution in [3.05, 3.63) is 189 Å². The first-order chi connectivity index (χ1) is 35.2. The van der Waals surface area contributed by atoms with Crippen molar-refractivity contribution in [3.63, 3.8) is 0 Å². The monoisotopic (exact) mass is 1040 g/mol. The summed E-state index contributed by atoms with van der Waals surface area (Å²) in [7, 11) is -3.66. The molecule has 3 N–H and O–H groups in total. The van der Waals surface area contributed by atoms with Gasteiger partial charge in [0.15, 0.2) is 0 Å². The van der Waals surface area contributed by atoms with Crippen molar-refractivity contribution in [2.24, 2.45) is 0 Å². The average molecular weight is 1040 g/mol. The summed E-state index contributed by atoms with van der Waals surface area (Å²) in [6.45, 7) is 4.12. The summed E-state index contributed by atoms with van der Waals surface area (Å²) in [4.78, 5) is 24.9. The van der Waals surface area contributed by atoms with E-state index in [2.05, 4.69) is 4.72 Å². The van der Waals surface area contributed by atoms with E-state index in [4.69, 9.17) is 24.7 Å². The number of sulfonamides is 1. The molecule has 388 valence electrons. The van der Waals surface area contributed by atoms with Crippen LogP contribution in [0.5, 0.6) is 11.5 Å². The normalized spacial score (nSPS) is 13.8. The van der Waals surface area contributed by atoms with Crippen LogP contribution in [0.15, 0.2) is 133 Å². The second-order valence-corrected chi connectivity index (χ2v) is 19.3. The number of nitrogens with two attached hydrogens (primary N) is 1. The molecule has 2 aliphatic rings. The summed E-state index contributed by atoms with van der Waals surface area (Å²) >= 11 is 0. The third-order valence-electron chi connectivity index (χ3n) is 12.1. The molecule has 0 bridgehead atoms. The lowest BCUT2D eigenvalue weighted by Crippen LogP contribution is -2.12. The average Bonchev–Trinajstić information content (AvgIpc) is 4.06. The summed E-state index contributed by atoms with van der Waals surface area (Å²) in [6.07, 6.45) is -4.38. The van der Waals surface area contributed by atoms with Crippen molar-refractivity contribution in [2.45, 2.75) is 77.9 Å². The number of benzene rings is 6. The van der Waals surface area contributed by atoms with Gasteiger partial charge >= 0.3 is 24.3 Å².